The van der Waals surface area contributed by atoms with Crippen LogP contribution >= 0.6 is 11.3 Å². The summed E-state index contributed by atoms with van der Waals surface area (Å²) in [6, 6.07) is 14.4. The number of hydrogen-bond donors (Lipinski definition) is 1. The molecule has 1 amide bonds. The maximum Gasteiger partial charge on any atom is 0.262 e. The van der Waals surface area contributed by atoms with E-state index in [1.165, 1.54) is 16.7 Å². The van der Waals surface area contributed by atoms with Crippen molar-refractivity contribution in [3.63, 3.8) is 0 Å². The van der Waals surface area contributed by atoms with E-state index in [4.69, 9.17) is 5.73 Å². The van der Waals surface area contributed by atoms with Crippen LogP contribution in [0, 0.1) is 6.92 Å². The summed E-state index contributed by atoms with van der Waals surface area (Å²) in [7, 11) is 0. The number of carbonyl (C=O) groups excluding carboxylic acids is 1. The average Bonchev–Trinajstić information content (AvgIpc) is 3.07. The summed E-state index contributed by atoms with van der Waals surface area (Å²) < 4.78 is 1.64. The predicted octanol–water partition coefficient (Wildman–Crippen LogP) is 3.85. The van der Waals surface area contributed by atoms with Crippen molar-refractivity contribution in [2.24, 2.45) is 5.73 Å². The smallest absolute Gasteiger partial charge is 0.262 e. The number of aromatic nitrogens is 2. The Bertz CT molecular complexity index is 1220. The number of rotatable bonds is 5. The Morgan fingerprint density at radius 1 is 1.19 bits per heavy atom. The molecule has 0 spiro atoms. The summed E-state index contributed by atoms with van der Waals surface area (Å²) >= 11 is 1.48. The van der Waals surface area contributed by atoms with Gasteiger partial charge < -0.3 is 5.73 Å². The fourth-order valence-electron chi connectivity index (χ4n) is 3.37. The van der Waals surface area contributed by atoms with E-state index >= 15 is 0 Å². The standard InChI is InChI=1S/C21H19N3O2S/c1-13-23-20-19(21(26)24(13)10-4-7-18(22)25)17(12-27-20)16-9-8-14-5-2-3-6-15(14)11-16/h2-3,5-6,8-9,11-12H,4,7,10H2,1H3,(H2,22,25). The highest BCUT2D eigenvalue weighted by Gasteiger charge is 2.15. The summed E-state index contributed by atoms with van der Waals surface area (Å²) in [4.78, 5) is 29.5. The molecule has 0 radical (unpaired) electrons. The van der Waals surface area contributed by atoms with Gasteiger partial charge in [0.05, 0.1) is 5.39 Å². The molecule has 2 aromatic carbocycles. The summed E-state index contributed by atoms with van der Waals surface area (Å²) in [6.07, 6.45) is 0.782. The SMILES string of the molecule is Cc1nc2scc(-c3ccc4ccccc4c3)c2c(=O)n1CCCC(N)=O. The van der Waals surface area contributed by atoms with Gasteiger partial charge in [0.1, 0.15) is 10.7 Å². The van der Waals surface area contributed by atoms with Gasteiger partial charge in [0.25, 0.3) is 5.56 Å². The lowest BCUT2D eigenvalue weighted by Crippen LogP contribution is -2.24. The molecular weight excluding hydrogens is 358 g/mol. The van der Waals surface area contributed by atoms with Crippen LogP contribution in [0.3, 0.4) is 0 Å². The Balaban J connectivity index is 1.83. The first-order valence-electron chi connectivity index (χ1n) is 8.81. The minimum absolute atomic E-state index is 0.0635. The first-order chi connectivity index (χ1) is 13.0. The highest BCUT2D eigenvalue weighted by Crippen LogP contribution is 2.32. The van der Waals surface area contributed by atoms with Gasteiger partial charge >= 0.3 is 0 Å². The van der Waals surface area contributed by atoms with E-state index in [0.29, 0.717) is 24.2 Å². The van der Waals surface area contributed by atoms with Crippen molar-refractivity contribution >= 4 is 38.2 Å². The second kappa shape index (κ2) is 6.96. The first kappa shape index (κ1) is 17.4. The second-order valence-corrected chi connectivity index (χ2v) is 7.44. The van der Waals surface area contributed by atoms with Gasteiger partial charge in [0.2, 0.25) is 5.91 Å². The topological polar surface area (TPSA) is 78.0 Å². The van der Waals surface area contributed by atoms with Crippen LogP contribution in [0.2, 0.25) is 0 Å². The van der Waals surface area contributed by atoms with Gasteiger partial charge in [-0.1, -0.05) is 36.4 Å². The molecule has 0 aliphatic rings. The van der Waals surface area contributed by atoms with Crippen molar-refractivity contribution in [3.05, 3.63) is 64.0 Å². The molecule has 0 unspecified atom stereocenters. The molecule has 2 N–H and O–H groups in total. The maximum absolute atomic E-state index is 13.2. The van der Waals surface area contributed by atoms with Crippen molar-refractivity contribution in [2.45, 2.75) is 26.3 Å². The molecule has 5 nitrogen and oxygen atoms in total. The largest absolute Gasteiger partial charge is 0.370 e. The van der Waals surface area contributed by atoms with Gasteiger partial charge in [0.15, 0.2) is 0 Å². The van der Waals surface area contributed by atoms with Crippen LogP contribution in [0.4, 0.5) is 0 Å². The Labute approximate surface area is 160 Å². The predicted molar refractivity (Wildman–Crippen MR) is 110 cm³/mol. The minimum atomic E-state index is -0.359. The molecule has 6 heteroatoms. The zero-order valence-electron chi connectivity index (χ0n) is 14.9. The molecule has 4 rings (SSSR count). The van der Waals surface area contributed by atoms with Gasteiger partial charge in [-0.3, -0.25) is 14.2 Å². The van der Waals surface area contributed by atoms with Crippen molar-refractivity contribution in [1.82, 2.24) is 9.55 Å². The van der Waals surface area contributed by atoms with Gasteiger partial charge in [-0.15, -0.1) is 11.3 Å². The summed E-state index contributed by atoms with van der Waals surface area (Å²) in [5.41, 5.74) is 7.06. The Kier molecular flexibility index (Phi) is 4.49. The van der Waals surface area contributed by atoms with Gasteiger partial charge in [-0.25, -0.2) is 4.98 Å². The second-order valence-electron chi connectivity index (χ2n) is 6.58. The number of hydrogen-bond acceptors (Lipinski definition) is 4. The third kappa shape index (κ3) is 3.24. The minimum Gasteiger partial charge on any atom is -0.370 e. The van der Waals surface area contributed by atoms with E-state index in [0.717, 1.165) is 21.3 Å². The van der Waals surface area contributed by atoms with Crippen molar-refractivity contribution < 1.29 is 4.79 Å². The van der Waals surface area contributed by atoms with Crippen LogP contribution < -0.4 is 11.3 Å². The third-order valence-corrected chi connectivity index (χ3v) is 5.62. The van der Waals surface area contributed by atoms with Crippen LogP contribution in [0.25, 0.3) is 32.1 Å². The molecule has 27 heavy (non-hydrogen) atoms. The number of nitrogens with two attached hydrogens (primary N) is 1. The van der Waals surface area contributed by atoms with E-state index in [-0.39, 0.29) is 17.9 Å². The van der Waals surface area contributed by atoms with E-state index in [1.807, 2.05) is 30.5 Å². The number of amides is 1. The number of aryl methyl sites for hydroxylation is 1. The summed E-state index contributed by atoms with van der Waals surface area (Å²) in [5.74, 6) is 0.297. The van der Waals surface area contributed by atoms with Crippen LogP contribution in [0.1, 0.15) is 18.7 Å². The fourth-order valence-corrected chi connectivity index (χ4v) is 4.35. The van der Waals surface area contributed by atoms with Gasteiger partial charge in [-0.2, -0.15) is 0 Å². The molecule has 0 saturated carbocycles. The number of fused-ring (bicyclic) bond motifs is 2. The van der Waals surface area contributed by atoms with E-state index in [2.05, 4.69) is 29.2 Å². The van der Waals surface area contributed by atoms with Gasteiger partial charge in [0, 0.05) is 23.9 Å². The summed E-state index contributed by atoms with van der Waals surface area (Å²) in [6.45, 7) is 2.25. The molecule has 4 aromatic rings. The zero-order chi connectivity index (χ0) is 19.0. The lowest BCUT2D eigenvalue weighted by molar-refractivity contribution is -0.118. The van der Waals surface area contributed by atoms with Crippen LogP contribution in [-0.4, -0.2) is 15.5 Å². The van der Waals surface area contributed by atoms with Crippen LogP contribution in [0.5, 0.6) is 0 Å². The third-order valence-electron chi connectivity index (χ3n) is 4.75. The average molecular weight is 377 g/mol. The Hall–Kier alpha value is -2.99. The highest BCUT2D eigenvalue weighted by atomic mass is 32.1. The molecule has 2 heterocycles. The quantitative estimate of drug-likeness (QED) is 0.574. The van der Waals surface area contributed by atoms with E-state index in [9.17, 15) is 9.59 Å². The molecule has 0 bridgehead atoms. The van der Waals surface area contributed by atoms with Crippen molar-refractivity contribution in [1.29, 1.82) is 0 Å². The van der Waals surface area contributed by atoms with Crippen LogP contribution in [-0.2, 0) is 11.3 Å². The fraction of sp³-hybridized carbons (Fsp3) is 0.190. The molecular formula is C21H19N3O2S. The molecule has 2 aromatic heterocycles. The number of carbonyl (C=O) groups is 1. The Morgan fingerprint density at radius 3 is 2.74 bits per heavy atom. The maximum atomic E-state index is 13.2. The van der Waals surface area contributed by atoms with Crippen molar-refractivity contribution in [2.75, 3.05) is 0 Å². The number of thiophene rings is 1. The lowest BCUT2D eigenvalue weighted by Gasteiger charge is -2.10. The first-order valence-corrected chi connectivity index (χ1v) is 9.68. The number of primary amides is 1. The van der Waals surface area contributed by atoms with Crippen molar-refractivity contribution in [3.8, 4) is 11.1 Å². The lowest BCUT2D eigenvalue weighted by atomic mass is 10.0. The zero-order valence-corrected chi connectivity index (χ0v) is 15.8. The highest BCUT2D eigenvalue weighted by molar-refractivity contribution is 7.17. The van der Waals surface area contributed by atoms with E-state index < -0.39 is 0 Å². The molecule has 0 fully saturated rings. The molecule has 0 aliphatic carbocycles. The number of benzene rings is 2. The molecule has 136 valence electrons. The molecule has 0 saturated heterocycles. The normalized spacial score (nSPS) is 11.3. The number of nitrogens with zero attached hydrogens (tertiary/aromatic N) is 2. The monoisotopic (exact) mass is 377 g/mol. The summed E-state index contributed by atoms with van der Waals surface area (Å²) in [5, 5.41) is 4.94. The molecule has 0 aliphatic heterocycles. The van der Waals surface area contributed by atoms with Crippen LogP contribution in [0.15, 0.2) is 52.6 Å². The Morgan fingerprint density at radius 2 is 1.96 bits per heavy atom. The molecule has 0 atom stereocenters. The van der Waals surface area contributed by atoms with Gasteiger partial charge in [-0.05, 0) is 35.7 Å². The van der Waals surface area contributed by atoms with E-state index in [1.54, 1.807) is 4.57 Å².